The fourth-order valence-corrected chi connectivity index (χ4v) is 5.20. The molecule has 3 aromatic heterocycles. The van der Waals surface area contributed by atoms with Crippen LogP contribution in [0, 0.1) is 5.21 Å². The molecule has 1 saturated heterocycles. The Bertz CT molecular complexity index is 1490. The monoisotopic (exact) mass is 591 g/mol. The van der Waals surface area contributed by atoms with Crippen LogP contribution in [0.2, 0.25) is 10.2 Å². The van der Waals surface area contributed by atoms with Gasteiger partial charge in [-0.05, 0) is 57.2 Å². The second kappa shape index (κ2) is 11.0. The highest BCUT2D eigenvalue weighted by Gasteiger charge is 2.35. The third-order valence-corrected chi connectivity index (χ3v) is 7.41. The largest absolute Gasteiger partial charge is 0.709 e. The molecule has 3 aromatic rings. The van der Waals surface area contributed by atoms with E-state index in [9.17, 15) is 14.8 Å². The minimum atomic E-state index is -0.675. The summed E-state index contributed by atoms with van der Waals surface area (Å²) in [7, 11) is 0. The zero-order valence-electron chi connectivity index (χ0n) is 24.0. The smallest absolute Gasteiger partial charge is 0.442 e. The summed E-state index contributed by atoms with van der Waals surface area (Å²) in [5.74, 6) is 0.117. The number of halogens is 2. The Labute approximate surface area is 243 Å². The standard InChI is InChI=1S/C27H35Cl2N7O4/c1-14(2)19-21(20(15(3)4)31-13-30-19)35-24-17(11-18(28)22(29)36(24)39)23(32-25(35)37)34-10-9-33(12-16(34)5)26(38)40-27(6,7)8/h11,13-16H,9-10,12H2,1-8H3/t16-/m0/s1. The van der Waals surface area contributed by atoms with Gasteiger partial charge in [-0.3, -0.25) is 0 Å². The van der Waals surface area contributed by atoms with Crippen molar-refractivity contribution in [3.8, 4) is 5.69 Å². The minimum absolute atomic E-state index is 0.0231. The molecular formula is C27H35Cl2N7O4. The summed E-state index contributed by atoms with van der Waals surface area (Å²) >= 11 is 12.7. The third kappa shape index (κ3) is 5.54. The van der Waals surface area contributed by atoms with Gasteiger partial charge in [0.15, 0.2) is 11.5 Å². The first-order valence-corrected chi connectivity index (χ1v) is 14.0. The van der Waals surface area contributed by atoms with E-state index in [1.807, 2.05) is 60.3 Å². The van der Waals surface area contributed by atoms with E-state index in [0.29, 0.717) is 46.8 Å². The van der Waals surface area contributed by atoms with Crippen LogP contribution in [0.25, 0.3) is 16.7 Å². The lowest BCUT2D eigenvalue weighted by Crippen LogP contribution is -2.55. The molecule has 0 N–H and O–H groups in total. The molecule has 216 valence electrons. The Morgan fingerprint density at radius 2 is 1.73 bits per heavy atom. The van der Waals surface area contributed by atoms with E-state index in [1.165, 1.54) is 10.9 Å². The lowest BCUT2D eigenvalue weighted by atomic mass is 10.0. The van der Waals surface area contributed by atoms with Crippen LogP contribution in [-0.2, 0) is 4.74 Å². The normalized spacial score (nSPS) is 16.4. The van der Waals surface area contributed by atoms with Crippen LogP contribution >= 0.6 is 23.2 Å². The number of fused-ring (bicyclic) bond motifs is 1. The Morgan fingerprint density at radius 3 is 2.25 bits per heavy atom. The predicted octanol–water partition coefficient (Wildman–Crippen LogP) is 4.81. The second-order valence-corrected chi connectivity index (χ2v) is 12.4. The van der Waals surface area contributed by atoms with Gasteiger partial charge in [-0.25, -0.2) is 24.3 Å². The number of aromatic nitrogens is 5. The average molecular weight is 593 g/mol. The van der Waals surface area contributed by atoms with Crippen molar-refractivity contribution in [3.05, 3.63) is 49.6 Å². The first-order chi connectivity index (χ1) is 18.6. The zero-order valence-corrected chi connectivity index (χ0v) is 25.5. The molecule has 0 spiro atoms. The van der Waals surface area contributed by atoms with Crippen LogP contribution in [0.3, 0.4) is 0 Å². The van der Waals surface area contributed by atoms with Crippen molar-refractivity contribution in [2.75, 3.05) is 24.5 Å². The first kappa shape index (κ1) is 29.8. The Hall–Kier alpha value is -3.18. The van der Waals surface area contributed by atoms with Crippen LogP contribution in [0.1, 0.15) is 78.6 Å². The molecule has 40 heavy (non-hydrogen) atoms. The maximum atomic E-state index is 13.9. The van der Waals surface area contributed by atoms with Crippen LogP contribution in [0.4, 0.5) is 10.6 Å². The summed E-state index contributed by atoms with van der Waals surface area (Å²) in [5, 5.41) is 13.7. The van der Waals surface area contributed by atoms with E-state index < -0.39 is 17.4 Å². The van der Waals surface area contributed by atoms with E-state index in [-0.39, 0.29) is 39.5 Å². The number of rotatable bonds is 4. The van der Waals surface area contributed by atoms with Crippen LogP contribution in [-0.4, -0.2) is 61.8 Å². The van der Waals surface area contributed by atoms with Crippen molar-refractivity contribution in [1.29, 1.82) is 0 Å². The van der Waals surface area contributed by atoms with E-state index in [2.05, 4.69) is 15.0 Å². The van der Waals surface area contributed by atoms with Crippen LogP contribution in [0.15, 0.2) is 17.2 Å². The molecule has 0 saturated carbocycles. The molecule has 0 bridgehead atoms. The highest BCUT2D eigenvalue weighted by atomic mass is 35.5. The van der Waals surface area contributed by atoms with Gasteiger partial charge < -0.3 is 19.7 Å². The molecule has 1 amide bonds. The van der Waals surface area contributed by atoms with Crippen molar-refractivity contribution >= 4 is 46.1 Å². The number of anilines is 1. The summed E-state index contributed by atoms with van der Waals surface area (Å²) in [4.78, 5) is 43.5. The van der Waals surface area contributed by atoms with Crippen molar-refractivity contribution in [2.45, 2.75) is 78.9 Å². The molecule has 1 aliphatic rings. The number of ether oxygens (including phenoxy) is 1. The first-order valence-electron chi connectivity index (χ1n) is 13.3. The topological polar surface area (TPSA) is 120 Å². The van der Waals surface area contributed by atoms with E-state index >= 15 is 0 Å². The lowest BCUT2D eigenvalue weighted by molar-refractivity contribution is -0.577. The average Bonchev–Trinajstić information content (AvgIpc) is 2.86. The number of nitrogens with zero attached hydrogens (tertiary/aromatic N) is 7. The number of piperazine rings is 1. The molecule has 1 aliphatic heterocycles. The quantitative estimate of drug-likeness (QED) is 0.241. The molecular weight excluding hydrogens is 557 g/mol. The summed E-state index contributed by atoms with van der Waals surface area (Å²) < 4.78 is 7.24. The number of hydrogen-bond acceptors (Lipinski definition) is 8. The number of amides is 1. The van der Waals surface area contributed by atoms with Crippen molar-refractivity contribution in [2.24, 2.45) is 0 Å². The van der Waals surface area contributed by atoms with Crippen molar-refractivity contribution < 1.29 is 14.3 Å². The molecule has 13 heteroatoms. The van der Waals surface area contributed by atoms with Gasteiger partial charge in [0.2, 0.25) is 5.15 Å². The van der Waals surface area contributed by atoms with Gasteiger partial charge in [0.25, 0.3) is 0 Å². The number of pyridine rings is 1. The third-order valence-electron chi connectivity index (χ3n) is 6.67. The van der Waals surface area contributed by atoms with Crippen molar-refractivity contribution in [3.63, 3.8) is 0 Å². The molecule has 1 atom stereocenters. The molecule has 0 unspecified atom stereocenters. The van der Waals surface area contributed by atoms with E-state index in [1.54, 1.807) is 11.0 Å². The van der Waals surface area contributed by atoms with Crippen LogP contribution < -0.4 is 15.3 Å². The lowest BCUT2D eigenvalue weighted by Gasteiger charge is -2.40. The maximum absolute atomic E-state index is 13.9. The zero-order chi connectivity index (χ0) is 29.7. The van der Waals surface area contributed by atoms with Gasteiger partial charge in [0.1, 0.15) is 22.3 Å². The molecule has 4 heterocycles. The van der Waals surface area contributed by atoms with Gasteiger partial charge in [-0.2, -0.15) is 4.98 Å². The number of hydrogen-bond donors (Lipinski definition) is 0. The number of carbonyl (C=O) groups excluding carboxylic acids is 1. The summed E-state index contributed by atoms with van der Waals surface area (Å²) in [6.07, 6.45) is 1.05. The fourth-order valence-electron chi connectivity index (χ4n) is 4.88. The molecule has 0 aliphatic carbocycles. The van der Waals surface area contributed by atoms with Gasteiger partial charge in [0, 0.05) is 25.7 Å². The molecule has 11 nitrogen and oxygen atoms in total. The molecule has 4 rings (SSSR count). The number of carbonyl (C=O) groups is 1. The van der Waals surface area contributed by atoms with Gasteiger partial charge in [-0.15, -0.1) is 4.57 Å². The second-order valence-electron chi connectivity index (χ2n) is 11.6. The maximum Gasteiger partial charge on any atom is 0.442 e. The van der Waals surface area contributed by atoms with E-state index in [4.69, 9.17) is 27.9 Å². The minimum Gasteiger partial charge on any atom is -0.709 e. The predicted molar refractivity (Wildman–Crippen MR) is 155 cm³/mol. The van der Waals surface area contributed by atoms with E-state index in [0.717, 1.165) is 0 Å². The van der Waals surface area contributed by atoms with Crippen molar-refractivity contribution in [1.82, 2.24) is 24.4 Å². The fraction of sp³-hybridized carbons (Fsp3) is 0.556. The Morgan fingerprint density at radius 1 is 1.12 bits per heavy atom. The summed E-state index contributed by atoms with van der Waals surface area (Å²) in [5.41, 5.74) is 0.287. The van der Waals surface area contributed by atoms with Crippen LogP contribution in [0.5, 0.6) is 0 Å². The Kier molecular flexibility index (Phi) is 8.20. The van der Waals surface area contributed by atoms with Gasteiger partial charge >= 0.3 is 17.4 Å². The summed E-state index contributed by atoms with van der Waals surface area (Å²) in [6.45, 7) is 16.2. The van der Waals surface area contributed by atoms with Gasteiger partial charge in [0.05, 0.1) is 11.4 Å². The Balaban J connectivity index is 1.94. The highest BCUT2D eigenvalue weighted by molar-refractivity contribution is 6.41. The SMILES string of the molecule is CC(C)c1ncnc(C(C)C)c1-n1c(=O)nc(N2CCN(C(=O)OC(C)(C)C)C[C@@H]2C)c2cc(Cl)c(Cl)[n+]([O-])c21. The highest BCUT2D eigenvalue weighted by Crippen LogP contribution is 2.34. The summed E-state index contributed by atoms with van der Waals surface area (Å²) in [6, 6.07) is 1.30. The van der Waals surface area contributed by atoms with Gasteiger partial charge in [-0.1, -0.05) is 39.3 Å². The molecule has 1 fully saturated rings. The molecule has 0 radical (unpaired) electrons. The molecule has 0 aromatic carbocycles.